The normalized spacial score (nSPS) is 12.3. The first-order valence-corrected chi connectivity index (χ1v) is 4.95. The molecule has 0 aromatic carbocycles. The van der Waals surface area contributed by atoms with Gasteiger partial charge in [0.2, 0.25) is 0 Å². The van der Waals surface area contributed by atoms with E-state index >= 15 is 0 Å². The molecule has 1 unspecified atom stereocenters. The van der Waals surface area contributed by atoms with E-state index in [0.29, 0.717) is 23.4 Å². The lowest BCUT2D eigenvalue weighted by Gasteiger charge is -2.21. The Morgan fingerprint density at radius 3 is 2.87 bits per heavy atom. The SMILES string of the molecule is COc1ncc(Cl)c(N(C)CC(C)N)n1. The third kappa shape index (κ3) is 3.21. The van der Waals surface area contributed by atoms with Crippen molar-refractivity contribution in [2.24, 2.45) is 5.73 Å². The van der Waals surface area contributed by atoms with Crippen LogP contribution in [0, 0.1) is 0 Å². The topological polar surface area (TPSA) is 64.3 Å². The molecule has 0 saturated carbocycles. The van der Waals surface area contributed by atoms with E-state index in [2.05, 4.69) is 9.97 Å². The van der Waals surface area contributed by atoms with Crippen LogP contribution in [0.4, 0.5) is 5.82 Å². The number of anilines is 1. The first-order chi connectivity index (χ1) is 7.04. The molecule has 0 bridgehead atoms. The minimum absolute atomic E-state index is 0.0482. The summed E-state index contributed by atoms with van der Waals surface area (Å²) in [6.07, 6.45) is 1.51. The van der Waals surface area contributed by atoms with Crippen molar-refractivity contribution < 1.29 is 4.74 Å². The maximum absolute atomic E-state index is 5.97. The molecular weight excluding hydrogens is 216 g/mol. The van der Waals surface area contributed by atoms with Gasteiger partial charge in [0.05, 0.1) is 13.3 Å². The summed E-state index contributed by atoms with van der Waals surface area (Å²) in [7, 11) is 3.38. The van der Waals surface area contributed by atoms with E-state index in [1.165, 1.54) is 13.3 Å². The molecule has 5 nitrogen and oxygen atoms in total. The average molecular weight is 231 g/mol. The number of aromatic nitrogens is 2. The maximum atomic E-state index is 5.97. The molecule has 2 N–H and O–H groups in total. The summed E-state index contributed by atoms with van der Waals surface area (Å²) in [4.78, 5) is 9.92. The number of methoxy groups -OCH3 is 1. The van der Waals surface area contributed by atoms with Gasteiger partial charge in [-0.05, 0) is 6.92 Å². The Kier molecular flexibility index (Phi) is 4.11. The predicted octanol–water partition coefficient (Wildman–Crippen LogP) is 0.922. The molecule has 0 spiro atoms. The van der Waals surface area contributed by atoms with Gasteiger partial charge in [-0.15, -0.1) is 0 Å². The van der Waals surface area contributed by atoms with E-state index in [9.17, 15) is 0 Å². The molecule has 0 aliphatic heterocycles. The van der Waals surface area contributed by atoms with Gasteiger partial charge in [-0.1, -0.05) is 11.6 Å². The van der Waals surface area contributed by atoms with E-state index in [0.717, 1.165) is 0 Å². The smallest absolute Gasteiger partial charge is 0.318 e. The standard InChI is InChI=1S/C9H15ClN4O/c1-6(11)5-14(2)8-7(10)4-12-9(13-8)15-3/h4,6H,5,11H2,1-3H3. The average Bonchev–Trinajstić information content (AvgIpc) is 2.17. The zero-order chi connectivity index (χ0) is 11.4. The molecule has 1 aromatic rings. The quantitative estimate of drug-likeness (QED) is 0.834. The summed E-state index contributed by atoms with van der Waals surface area (Å²) in [5.41, 5.74) is 5.69. The third-order valence-electron chi connectivity index (χ3n) is 1.81. The molecule has 0 saturated heterocycles. The fraction of sp³-hybridized carbons (Fsp3) is 0.556. The Hall–Kier alpha value is -1.07. The Morgan fingerprint density at radius 2 is 2.33 bits per heavy atom. The van der Waals surface area contributed by atoms with E-state index in [1.807, 2.05) is 18.9 Å². The van der Waals surface area contributed by atoms with Crippen LogP contribution in [0.1, 0.15) is 6.92 Å². The zero-order valence-corrected chi connectivity index (χ0v) is 9.82. The third-order valence-corrected chi connectivity index (χ3v) is 2.08. The zero-order valence-electron chi connectivity index (χ0n) is 9.07. The second-order valence-corrected chi connectivity index (χ2v) is 3.79. The van der Waals surface area contributed by atoms with Gasteiger partial charge < -0.3 is 15.4 Å². The lowest BCUT2D eigenvalue weighted by Crippen LogP contribution is -2.33. The van der Waals surface area contributed by atoms with Gasteiger partial charge >= 0.3 is 6.01 Å². The lowest BCUT2D eigenvalue weighted by atomic mass is 10.3. The molecule has 0 amide bonds. The van der Waals surface area contributed by atoms with Gasteiger partial charge in [0.15, 0.2) is 5.82 Å². The Balaban J connectivity index is 2.91. The van der Waals surface area contributed by atoms with Crippen LogP contribution in [0.2, 0.25) is 5.02 Å². The predicted molar refractivity (Wildman–Crippen MR) is 60.5 cm³/mol. The molecule has 1 rings (SSSR count). The van der Waals surface area contributed by atoms with Crippen LogP contribution in [-0.2, 0) is 0 Å². The molecule has 84 valence electrons. The Bertz CT molecular complexity index is 332. The van der Waals surface area contributed by atoms with Gasteiger partial charge in [-0.3, -0.25) is 0 Å². The summed E-state index contributed by atoms with van der Waals surface area (Å²) in [6.45, 7) is 2.59. The van der Waals surface area contributed by atoms with Crippen molar-refractivity contribution in [1.82, 2.24) is 9.97 Å². The second-order valence-electron chi connectivity index (χ2n) is 3.39. The Morgan fingerprint density at radius 1 is 1.67 bits per heavy atom. The van der Waals surface area contributed by atoms with E-state index in [4.69, 9.17) is 22.1 Å². The fourth-order valence-electron chi connectivity index (χ4n) is 1.23. The van der Waals surface area contributed by atoms with E-state index in [-0.39, 0.29) is 6.04 Å². The number of hydrogen-bond donors (Lipinski definition) is 1. The summed E-state index contributed by atoms with van der Waals surface area (Å²) in [5.74, 6) is 0.626. The number of ether oxygens (including phenoxy) is 1. The number of rotatable bonds is 4. The van der Waals surface area contributed by atoms with Crippen molar-refractivity contribution in [3.05, 3.63) is 11.2 Å². The fourth-order valence-corrected chi connectivity index (χ4v) is 1.46. The number of nitrogens with zero attached hydrogens (tertiary/aromatic N) is 3. The molecular formula is C9H15ClN4O. The van der Waals surface area contributed by atoms with Gasteiger partial charge in [0, 0.05) is 19.6 Å². The number of likely N-dealkylation sites (N-methyl/N-ethyl adjacent to an activating group) is 1. The first kappa shape index (κ1) is 12.0. The lowest BCUT2D eigenvalue weighted by molar-refractivity contribution is 0.380. The largest absolute Gasteiger partial charge is 0.467 e. The van der Waals surface area contributed by atoms with Crippen LogP contribution in [0.5, 0.6) is 6.01 Å². The number of hydrogen-bond acceptors (Lipinski definition) is 5. The van der Waals surface area contributed by atoms with Crippen molar-refractivity contribution in [2.75, 3.05) is 25.6 Å². The van der Waals surface area contributed by atoms with Crippen molar-refractivity contribution in [1.29, 1.82) is 0 Å². The molecule has 0 aliphatic rings. The van der Waals surface area contributed by atoms with Gasteiger partial charge in [0.1, 0.15) is 5.02 Å². The van der Waals surface area contributed by atoms with E-state index < -0.39 is 0 Å². The summed E-state index contributed by atoms with van der Waals surface area (Å²) in [6, 6.07) is 0.345. The number of nitrogens with two attached hydrogens (primary N) is 1. The highest BCUT2D eigenvalue weighted by Crippen LogP contribution is 2.23. The van der Waals surface area contributed by atoms with Crippen LogP contribution < -0.4 is 15.4 Å². The Labute approximate surface area is 94.2 Å². The van der Waals surface area contributed by atoms with Crippen LogP contribution >= 0.6 is 11.6 Å². The summed E-state index contributed by atoms with van der Waals surface area (Å²) >= 11 is 5.97. The van der Waals surface area contributed by atoms with Crippen molar-refractivity contribution in [3.8, 4) is 6.01 Å². The van der Waals surface area contributed by atoms with Gasteiger partial charge in [-0.25, -0.2) is 4.98 Å². The first-order valence-electron chi connectivity index (χ1n) is 4.58. The molecule has 1 aromatic heterocycles. The van der Waals surface area contributed by atoms with Crippen LogP contribution in [0.3, 0.4) is 0 Å². The number of halogens is 1. The van der Waals surface area contributed by atoms with Crippen molar-refractivity contribution >= 4 is 17.4 Å². The monoisotopic (exact) mass is 230 g/mol. The molecule has 1 heterocycles. The highest BCUT2D eigenvalue weighted by molar-refractivity contribution is 6.32. The van der Waals surface area contributed by atoms with Gasteiger partial charge in [-0.2, -0.15) is 4.98 Å². The minimum atomic E-state index is 0.0482. The second kappa shape index (κ2) is 5.14. The molecule has 6 heteroatoms. The van der Waals surface area contributed by atoms with Crippen LogP contribution in [0.25, 0.3) is 0 Å². The summed E-state index contributed by atoms with van der Waals surface area (Å²) in [5, 5.41) is 0.485. The summed E-state index contributed by atoms with van der Waals surface area (Å²) < 4.78 is 4.93. The van der Waals surface area contributed by atoms with Crippen LogP contribution in [0.15, 0.2) is 6.20 Å². The van der Waals surface area contributed by atoms with Gasteiger partial charge in [0.25, 0.3) is 0 Å². The van der Waals surface area contributed by atoms with Crippen molar-refractivity contribution in [3.63, 3.8) is 0 Å². The molecule has 15 heavy (non-hydrogen) atoms. The highest BCUT2D eigenvalue weighted by Gasteiger charge is 2.11. The maximum Gasteiger partial charge on any atom is 0.318 e. The molecule has 0 fully saturated rings. The molecule has 1 atom stereocenters. The van der Waals surface area contributed by atoms with Crippen molar-refractivity contribution in [2.45, 2.75) is 13.0 Å². The van der Waals surface area contributed by atoms with Crippen LogP contribution in [-0.4, -0.2) is 36.7 Å². The highest BCUT2D eigenvalue weighted by atomic mass is 35.5. The molecule has 0 aliphatic carbocycles. The minimum Gasteiger partial charge on any atom is -0.467 e. The molecule has 0 radical (unpaired) electrons. The van der Waals surface area contributed by atoms with E-state index in [1.54, 1.807) is 0 Å².